The number of allylic oxidation sites excluding steroid dienone is 2. The number of carbonyl (C=O) groups is 1. The van der Waals surface area contributed by atoms with Gasteiger partial charge in [-0.2, -0.15) is 0 Å². The Balaban J connectivity index is 1.74. The number of fused-ring (bicyclic) bond motifs is 5. The van der Waals surface area contributed by atoms with E-state index in [4.69, 9.17) is 0 Å². The molecule has 2 N–H and O–H groups in total. The van der Waals surface area contributed by atoms with Crippen LogP contribution in [0.4, 0.5) is 0 Å². The summed E-state index contributed by atoms with van der Waals surface area (Å²) in [4.78, 5) is 12.4. The smallest absolute Gasteiger partial charge is 0.139 e. The molecule has 0 aromatic carbocycles. The van der Waals surface area contributed by atoms with Crippen molar-refractivity contribution in [3.63, 3.8) is 0 Å². The molecular formula is C19H26O3. The zero-order valence-electron chi connectivity index (χ0n) is 13.5. The van der Waals surface area contributed by atoms with Crippen LogP contribution in [0, 0.1) is 28.6 Å². The molecule has 0 heterocycles. The van der Waals surface area contributed by atoms with Gasteiger partial charge in [0, 0.05) is 11.8 Å². The summed E-state index contributed by atoms with van der Waals surface area (Å²) in [6.45, 7) is 4.43. The summed E-state index contributed by atoms with van der Waals surface area (Å²) in [5.41, 5.74) is 1.05. The van der Waals surface area contributed by atoms with E-state index >= 15 is 0 Å². The van der Waals surface area contributed by atoms with Gasteiger partial charge in [-0.3, -0.25) is 4.79 Å². The second kappa shape index (κ2) is 4.47. The van der Waals surface area contributed by atoms with Gasteiger partial charge in [-0.05, 0) is 67.4 Å². The highest BCUT2D eigenvalue weighted by Crippen LogP contribution is 2.64. The Hall–Kier alpha value is -1.09. The summed E-state index contributed by atoms with van der Waals surface area (Å²) in [7, 11) is 0. The molecule has 3 fully saturated rings. The molecule has 0 saturated heterocycles. The molecule has 6 atom stereocenters. The molecule has 22 heavy (non-hydrogen) atoms. The normalized spacial score (nSPS) is 50.6. The minimum absolute atomic E-state index is 0.0447. The first-order valence-corrected chi connectivity index (χ1v) is 8.68. The maximum Gasteiger partial charge on any atom is 0.139 e. The van der Waals surface area contributed by atoms with Crippen LogP contribution in [-0.4, -0.2) is 22.1 Å². The minimum atomic E-state index is -0.370. The number of Topliss-reactive ketones (excluding diaryl/α,β-unsaturated/α-hetero) is 1. The summed E-state index contributed by atoms with van der Waals surface area (Å²) in [5.74, 6) is 1.76. The van der Waals surface area contributed by atoms with Gasteiger partial charge < -0.3 is 10.2 Å². The second-order valence-electron chi connectivity index (χ2n) is 8.40. The van der Waals surface area contributed by atoms with Crippen molar-refractivity contribution in [2.45, 2.75) is 58.5 Å². The summed E-state index contributed by atoms with van der Waals surface area (Å²) in [6, 6.07) is 0. The Morgan fingerprint density at radius 2 is 1.91 bits per heavy atom. The summed E-state index contributed by atoms with van der Waals surface area (Å²) in [6.07, 6.45) is 8.55. The van der Waals surface area contributed by atoms with Gasteiger partial charge in [0.25, 0.3) is 0 Å². The second-order valence-corrected chi connectivity index (χ2v) is 8.40. The number of carbonyl (C=O) groups excluding carboxylic acids is 1. The fourth-order valence-corrected chi connectivity index (χ4v) is 6.14. The Bertz CT molecular complexity index is 589. The van der Waals surface area contributed by atoms with E-state index in [-0.39, 0.29) is 22.9 Å². The van der Waals surface area contributed by atoms with Crippen LogP contribution >= 0.6 is 0 Å². The Kier molecular flexibility index (Phi) is 2.95. The van der Waals surface area contributed by atoms with E-state index in [0.717, 1.165) is 25.7 Å². The minimum Gasteiger partial charge on any atom is -0.508 e. The molecule has 0 aliphatic heterocycles. The third kappa shape index (κ3) is 1.69. The van der Waals surface area contributed by atoms with Gasteiger partial charge in [0.1, 0.15) is 11.5 Å². The van der Waals surface area contributed by atoms with Crippen molar-refractivity contribution in [1.82, 2.24) is 0 Å². The van der Waals surface area contributed by atoms with E-state index in [2.05, 4.69) is 13.8 Å². The quantitative estimate of drug-likeness (QED) is 0.719. The van der Waals surface area contributed by atoms with Gasteiger partial charge in [0.05, 0.1) is 6.10 Å². The zero-order valence-corrected chi connectivity index (χ0v) is 13.5. The molecular weight excluding hydrogens is 276 g/mol. The molecule has 0 aromatic rings. The highest BCUT2D eigenvalue weighted by atomic mass is 16.3. The topological polar surface area (TPSA) is 57.5 Å². The Labute approximate surface area is 132 Å². The maximum absolute atomic E-state index is 12.4. The molecule has 4 rings (SSSR count). The van der Waals surface area contributed by atoms with Crippen molar-refractivity contribution >= 4 is 5.78 Å². The van der Waals surface area contributed by atoms with Crippen LogP contribution < -0.4 is 0 Å². The van der Waals surface area contributed by atoms with Crippen LogP contribution in [0.15, 0.2) is 23.5 Å². The van der Waals surface area contributed by atoms with Gasteiger partial charge in [-0.15, -0.1) is 0 Å². The molecule has 3 saturated carbocycles. The lowest BCUT2D eigenvalue weighted by Gasteiger charge is -2.58. The highest BCUT2D eigenvalue weighted by molar-refractivity contribution is 5.87. The summed E-state index contributed by atoms with van der Waals surface area (Å²) >= 11 is 0. The van der Waals surface area contributed by atoms with E-state index < -0.39 is 0 Å². The van der Waals surface area contributed by atoms with E-state index in [1.54, 1.807) is 0 Å². The standard InChI is InChI=1S/C19H26O3/c1-18-7-5-12(20)9-11(18)10-15(21)17-13-3-4-16(22)19(13,2)8-6-14(17)18/h5,9,13-15,17,20-21H,3-4,6-8,10H2,1-2H3/t13-,14-,15-,17-,18-,19-/m0/s1. The Morgan fingerprint density at radius 1 is 1.18 bits per heavy atom. The molecule has 0 unspecified atom stereocenters. The number of hydrogen-bond acceptors (Lipinski definition) is 3. The summed E-state index contributed by atoms with van der Waals surface area (Å²) < 4.78 is 0. The van der Waals surface area contributed by atoms with Crippen LogP contribution in [0.25, 0.3) is 0 Å². The van der Waals surface area contributed by atoms with Gasteiger partial charge in [0.15, 0.2) is 0 Å². The predicted molar refractivity (Wildman–Crippen MR) is 84.2 cm³/mol. The first-order valence-electron chi connectivity index (χ1n) is 8.68. The van der Waals surface area contributed by atoms with Gasteiger partial charge in [-0.1, -0.05) is 19.4 Å². The largest absolute Gasteiger partial charge is 0.508 e. The van der Waals surface area contributed by atoms with E-state index in [1.807, 2.05) is 12.2 Å². The molecule has 3 heteroatoms. The fraction of sp³-hybridized carbons (Fsp3) is 0.737. The fourth-order valence-electron chi connectivity index (χ4n) is 6.14. The SMILES string of the molecule is C[C@]12CC=C(O)C=C1C[C@H](O)[C@@H]1[C@@H]2CC[C@]2(C)C(=O)CC[C@@H]12. The van der Waals surface area contributed by atoms with Crippen LogP contribution in [0.5, 0.6) is 0 Å². The number of hydrogen-bond donors (Lipinski definition) is 2. The summed E-state index contributed by atoms with van der Waals surface area (Å²) in [5, 5.41) is 20.7. The molecule has 0 bridgehead atoms. The van der Waals surface area contributed by atoms with E-state index in [1.165, 1.54) is 5.57 Å². The number of aliphatic hydroxyl groups is 2. The molecule has 4 aliphatic carbocycles. The third-order valence-corrected chi connectivity index (χ3v) is 7.52. The van der Waals surface area contributed by atoms with Gasteiger partial charge in [-0.25, -0.2) is 0 Å². The molecule has 0 radical (unpaired) electrons. The van der Waals surface area contributed by atoms with Crippen molar-refractivity contribution in [3.05, 3.63) is 23.5 Å². The maximum atomic E-state index is 12.4. The first kappa shape index (κ1) is 14.5. The monoisotopic (exact) mass is 302 g/mol. The Morgan fingerprint density at radius 3 is 2.68 bits per heavy atom. The third-order valence-electron chi connectivity index (χ3n) is 7.52. The van der Waals surface area contributed by atoms with Crippen LogP contribution in [0.2, 0.25) is 0 Å². The predicted octanol–water partition coefficient (Wildman–Crippen LogP) is 3.54. The van der Waals surface area contributed by atoms with Crippen molar-refractivity contribution < 1.29 is 15.0 Å². The van der Waals surface area contributed by atoms with Crippen molar-refractivity contribution in [1.29, 1.82) is 0 Å². The lowest BCUT2D eigenvalue weighted by molar-refractivity contribution is -0.138. The first-order chi connectivity index (χ1) is 10.4. The molecule has 0 aromatic heterocycles. The van der Waals surface area contributed by atoms with Crippen molar-refractivity contribution in [2.75, 3.05) is 0 Å². The average molecular weight is 302 g/mol. The molecule has 4 aliphatic rings. The molecule has 0 amide bonds. The van der Waals surface area contributed by atoms with Crippen molar-refractivity contribution in [2.24, 2.45) is 28.6 Å². The number of aliphatic hydroxyl groups excluding tert-OH is 2. The average Bonchev–Trinajstić information content (AvgIpc) is 2.77. The lowest BCUT2D eigenvalue weighted by Crippen LogP contribution is -2.55. The lowest BCUT2D eigenvalue weighted by atomic mass is 9.47. The van der Waals surface area contributed by atoms with Crippen LogP contribution in [-0.2, 0) is 4.79 Å². The van der Waals surface area contributed by atoms with Crippen LogP contribution in [0.1, 0.15) is 52.4 Å². The molecule has 120 valence electrons. The number of rotatable bonds is 0. The highest BCUT2D eigenvalue weighted by Gasteiger charge is 2.60. The molecule has 0 spiro atoms. The van der Waals surface area contributed by atoms with Crippen LogP contribution in [0.3, 0.4) is 0 Å². The van der Waals surface area contributed by atoms with E-state index in [9.17, 15) is 15.0 Å². The van der Waals surface area contributed by atoms with Gasteiger partial charge >= 0.3 is 0 Å². The van der Waals surface area contributed by atoms with Gasteiger partial charge in [0.2, 0.25) is 0 Å². The zero-order chi connectivity index (χ0) is 15.7. The van der Waals surface area contributed by atoms with E-state index in [0.29, 0.717) is 36.2 Å². The van der Waals surface area contributed by atoms with Crippen molar-refractivity contribution in [3.8, 4) is 0 Å². The molecule has 3 nitrogen and oxygen atoms in total. The number of ketones is 1.